The Hall–Kier alpha value is -2.10. The first-order valence-corrected chi connectivity index (χ1v) is 12.6. The molecule has 0 atom stereocenters. The van der Waals surface area contributed by atoms with Gasteiger partial charge in [-0.1, -0.05) is 0 Å². The Morgan fingerprint density at radius 1 is 1.21 bits per heavy atom. The standard InChI is InChI=1S/C20H23N5O2S2/c1-29(26,27)25-10-7-14(8-11-25)22-19-17-15-5-2-6-16(15)28-20(17)24-18(23-19)13-4-3-9-21-12-13/h3-4,9,12,14H,2,5-8,10-11H2,1H3,(H,22,23,24). The second kappa shape index (κ2) is 7.30. The van der Waals surface area contributed by atoms with Crippen LogP contribution in [0.3, 0.4) is 0 Å². The first-order valence-electron chi connectivity index (χ1n) is 9.93. The number of piperidine rings is 1. The van der Waals surface area contributed by atoms with E-state index in [1.54, 1.807) is 28.0 Å². The van der Waals surface area contributed by atoms with Crippen LogP contribution in [0.4, 0.5) is 5.82 Å². The van der Waals surface area contributed by atoms with Gasteiger partial charge in [-0.05, 0) is 49.8 Å². The zero-order valence-electron chi connectivity index (χ0n) is 16.3. The molecule has 1 aliphatic heterocycles. The number of hydrogen-bond donors (Lipinski definition) is 1. The van der Waals surface area contributed by atoms with Crippen LogP contribution in [0.1, 0.15) is 29.7 Å². The van der Waals surface area contributed by atoms with Crippen LogP contribution >= 0.6 is 11.3 Å². The Balaban J connectivity index is 1.50. The highest BCUT2D eigenvalue weighted by molar-refractivity contribution is 7.88. The highest BCUT2D eigenvalue weighted by Gasteiger charge is 2.27. The van der Waals surface area contributed by atoms with Crippen molar-refractivity contribution >= 4 is 37.4 Å². The van der Waals surface area contributed by atoms with Gasteiger partial charge in [0.05, 0.1) is 11.6 Å². The van der Waals surface area contributed by atoms with E-state index in [1.165, 1.54) is 23.1 Å². The Bertz CT molecular complexity index is 1150. The molecule has 2 aliphatic rings. The maximum absolute atomic E-state index is 11.8. The van der Waals surface area contributed by atoms with Gasteiger partial charge in [0.25, 0.3) is 0 Å². The summed E-state index contributed by atoms with van der Waals surface area (Å²) in [5.41, 5.74) is 2.29. The number of rotatable bonds is 4. The molecule has 0 radical (unpaired) electrons. The van der Waals surface area contributed by atoms with Gasteiger partial charge < -0.3 is 5.32 Å². The predicted octanol–water partition coefficient (Wildman–Crippen LogP) is 3.08. The molecule has 0 amide bonds. The molecule has 9 heteroatoms. The summed E-state index contributed by atoms with van der Waals surface area (Å²) in [7, 11) is -3.12. The molecule has 0 saturated carbocycles. The molecule has 1 N–H and O–H groups in total. The minimum atomic E-state index is -3.12. The van der Waals surface area contributed by atoms with Gasteiger partial charge >= 0.3 is 0 Å². The van der Waals surface area contributed by atoms with Crippen molar-refractivity contribution in [2.75, 3.05) is 24.7 Å². The molecular formula is C20H23N5O2S2. The molecular weight excluding hydrogens is 406 g/mol. The third kappa shape index (κ3) is 3.62. The van der Waals surface area contributed by atoms with Crippen LogP contribution in [0.15, 0.2) is 24.5 Å². The summed E-state index contributed by atoms with van der Waals surface area (Å²) in [6.07, 6.45) is 9.74. The van der Waals surface area contributed by atoms with Crippen molar-refractivity contribution in [1.29, 1.82) is 0 Å². The Morgan fingerprint density at radius 3 is 2.76 bits per heavy atom. The molecule has 7 nitrogen and oxygen atoms in total. The summed E-state index contributed by atoms with van der Waals surface area (Å²) in [4.78, 5) is 16.4. The summed E-state index contributed by atoms with van der Waals surface area (Å²) in [6.45, 7) is 1.09. The van der Waals surface area contributed by atoms with Crippen LogP contribution in [0.2, 0.25) is 0 Å². The summed E-state index contributed by atoms with van der Waals surface area (Å²) in [5, 5.41) is 4.79. The van der Waals surface area contributed by atoms with Crippen molar-refractivity contribution in [1.82, 2.24) is 19.3 Å². The van der Waals surface area contributed by atoms with Crippen LogP contribution in [-0.2, 0) is 22.9 Å². The lowest BCUT2D eigenvalue weighted by Crippen LogP contribution is -2.42. The number of pyridine rings is 1. The van der Waals surface area contributed by atoms with Crippen molar-refractivity contribution < 1.29 is 8.42 Å². The number of aryl methyl sites for hydroxylation is 2. The molecule has 3 aromatic heterocycles. The van der Waals surface area contributed by atoms with Crippen LogP contribution in [0, 0.1) is 0 Å². The van der Waals surface area contributed by atoms with Crippen molar-refractivity contribution in [2.45, 2.75) is 38.1 Å². The molecule has 152 valence electrons. The third-order valence-corrected chi connectivity index (χ3v) is 8.24. The molecule has 1 saturated heterocycles. The number of nitrogens with one attached hydrogen (secondary N) is 1. The SMILES string of the molecule is CS(=O)(=O)N1CCC(Nc2nc(-c3cccnc3)nc3sc4c(c23)CCC4)CC1. The largest absolute Gasteiger partial charge is 0.367 e. The van der Waals surface area contributed by atoms with Gasteiger partial charge in [0.2, 0.25) is 10.0 Å². The summed E-state index contributed by atoms with van der Waals surface area (Å²) in [6, 6.07) is 4.07. The van der Waals surface area contributed by atoms with E-state index in [1.807, 2.05) is 12.1 Å². The smallest absolute Gasteiger partial charge is 0.211 e. The molecule has 0 unspecified atom stereocenters. The number of thiophene rings is 1. The second-order valence-electron chi connectivity index (χ2n) is 7.76. The number of anilines is 1. The lowest BCUT2D eigenvalue weighted by molar-refractivity contribution is 0.331. The maximum Gasteiger partial charge on any atom is 0.211 e. The molecule has 1 fully saturated rings. The topological polar surface area (TPSA) is 88.1 Å². The average Bonchev–Trinajstić information content (AvgIpc) is 3.29. The maximum atomic E-state index is 11.8. The fraction of sp³-hybridized carbons (Fsp3) is 0.450. The molecule has 0 bridgehead atoms. The van der Waals surface area contributed by atoms with E-state index in [-0.39, 0.29) is 6.04 Å². The Kier molecular flexibility index (Phi) is 4.76. The van der Waals surface area contributed by atoms with Crippen molar-refractivity contribution in [3.63, 3.8) is 0 Å². The normalized spacial score (nSPS) is 18.2. The van der Waals surface area contributed by atoms with Crippen LogP contribution in [-0.4, -0.2) is 53.1 Å². The second-order valence-corrected chi connectivity index (χ2v) is 10.8. The van der Waals surface area contributed by atoms with Gasteiger partial charge in [0.1, 0.15) is 10.6 Å². The lowest BCUT2D eigenvalue weighted by atomic mass is 10.1. The fourth-order valence-electron chi connectivity index (χ4n) is 4.25. The van der Waals surface area contributed by atoms with Crippen molar-refractivity contribution in [3.8, 4) is 11.4 Å². The van der Waals surface area contributed by atoms with Gasteiger partial charge in [-0.25, -0.2) is 22.7 Å². The fourth-order valence-corrected chi connectivity index (χ4v) is 6.38. The molecule has 0 spiro atoms. The minimum absolute atomic E-state index is 0.199. The van der Waals surface area contributed by atoms with Crippen LogP contribution in [0.25, 0.3) is 21.6 Å². The van der Waals surface area contributed by atoms with E-state index < -0.39 is 10.0 Å². The quantitative estimate of drug-likeness (QED) is 0.686. The zero-order chi connectivity index (χ0) is 20.0. The number of nitrogens with zero attached hydrogens (tertiary/aromatic N) is 4. The van der Waals surface area contributed by atoms with E-state index >= 15 is 0 Å². The Labute approximate surface area is 174 Å². The zero-order valence-corrected chi connectivity index (χ0v) is 17.9. The third-order valence-electron chi connectivity index (χ3n) is 5.75. The van der Waals surface area contributed by atoms with Gasteiger partial charge in [0, 0.05) is 42.0 Å². The average molecular weight is 430 g/mol. The van der Waals surface area contributed by atoms with E-state index in [9.17, 15) is 8.42 Å². The summed E-state index contributed by atoms with van der Waals surface area (Å²) in [5.74, 6) is 1.56. The molecule has 3 aromatic rings. The van der Waals surface area contributed by atoms with Crippen molar-refractivity contribution in [3.05, 3.63) is 35.0 Å². The number of aromatic nitrogens is 3. The monoisotopic (exact) mass is 429 g/mol. The lowest BCUT2D eigenvalue weighted by Gasteiger charge is -2.31. The van der Waals surface area contributed by atoms with Gasteiger partial charge in [0.15, 0.2) is 5.82 Å². The number of sulfonamides is 1. The molecule has 1 aliphatic carbocycles. The van der Waals surface area contributed by atoms with E-state index in [2.05, 4.69) is 10.3 Å². The van der Waals surface area contributed by atoms with Gasteiger partial charge in [-0.15, -0.1) is 11.3 Å². The predicted molar refractivity (Wildman–Crippen MR) is 116 cm³/mol. The van der Waals surface area contributed by atoms with E-state index in [4.69, 9.17) is 9.97 Å². The van der Waals surface area contributed by atoms with Gasteiger partial charge in [-0.3, -0.25) is 4.98 Å². The molecule has 0 aromatic carbocycles. The molecule has 29 heavy (non-hydrogen) atoms. The van der Waals surface area contributed by atoms with Crippen LogP contribution in [0.5, 0.6) is 0 Å². The summed E-state index contributed by atoms with van der Waals surface area (Å²) >= 11 is 1.78. The van der Waals surface area contributed by atoms with E-state index in [0.717, 1.165) is 47.3 Å². The first kappa shape index (κ1) is 18.9. The minimum Gasteiger partial charge on any atom is -0.367 e. The number of fused-ring (bicyclic) bond motifs is 3. The summed E-state index contributed by atoms with van der Waals surface area (Å²) < 4.78 is 25.2. The molecule has 4 heterocycles. The first-order chi connectivity index (χ1) is 14.0. The highest BCUT2D eigenvalue weighted by atomic mass is 32.2. The van der Waals surface area contributed by atoms with Crippen LogP contribution < -0.4 is 5.32 Å². The van der Waals surface area contributed by atoms with E-state index in [0.29, 0.717) is 18.9 Å². The highest BCUT2D eigenvalue weighted by Crippen LogP contribution is 2.40. The molecule has 5 rings (SSSR count). The Morgan fingerprint density at radius 2 is 2.03 bits per heavy atom. The number of hydrogen-bond acceptors (Lipinski definition) is 7. The van der Waals surface area contributed by atoms with Crippen molar-refractivity contribution in [2.24, 2.45) is 0 Å². The van der Waals surface area contributed by atoms with Gasteiger partial charge in [-0.2, -0.15) is 0 Å².